The Morgan fingerprint density at radius 3 is 2.65 bits per heavy atom. The molecule has 3 N–H and O–H groups in total. The van der Waals surface area contributed by atoms with Crippen molar-refractivity contribution in [2.75, 3.05) is 12.0 Å². The number of amides is 1. The van der Waals surface area contributed by atoms with Crippen LogP contribution in [0.3, 0.4) is 0 Å². The summed E-state index contributed by atoms with van der Waals surface area (Å²) in [7, 11) is -0.960. The molecular weight excluding hydrogens is 272 g/mol. The molecule has 1 aliphatic rings. The first-order valence-electron chi connectivity index (χ1n) is 6.97. The number of hydrogen-bond donors (Lipinski definition) is 2. The Labute approximate surface area is 122 Å². The number of carbonyl (C=O) groups is 1. The summed E-state index contributed by atoms with van der Waals surface area (Å²) < 4.78 is 11.5. The number of rotatable bonds is 5. The molecule has 1 fully saturated rings. The third kappa shape index (κ3) is 4.15. The quantitative estimate of drug-likeness (QED) is 0.861. The number of hydrogen-bond acceptors (Lipinski definition) is 3. The third-order valence-corrected chi connectivity index (χ3v) is 4.57. The second kappa shape index (κ2) is 6.99. The maximum Gasteiger partial charge on any atom is 0.223 e. The van der Waals surface area contributed by atoms with Crippen molar-refractivity contribution in [1.29, 1.82) is 0 Å². The number of nitrogens with one attached hydrogen (secondary N) is 1. The smallest absolute Gasteiger partial charge is 0.223 e. The molecule has 0 radical (unpaired) electrons. The lowest BCUT2D eigenvalue weighted by atomic mass is 10.0. The summed E-state index contributed by atoms with van der Waals surface area (Å²) in [6.07, 6.45) is 4.17. The van der Waals surface area contributed by atoms with E-state index in [4.69, 9.17) is 5.73 Å². The zero-order chi connectivity index (χ0) is 14.5. The molecule has 1 saturated carbocycles. The second-order valence-corrected chi connectivity index (χ2v) is 6.96. The average molecular weight is 294 g/mol. The van der Waals surface area contributed by atoms with Gasteiger partial charge in [-0.3, -0.25) is 9.00 Å². The fourth-order valence-corrected chi connectivity index (χ4v) is 3.43. The van der Waals surface area contributed by atoms with Crippen molar-refractivity contribution < 1.29 is 9.00 Å². The number of benzene rings is 1. The summed E-state index contributed by atoms with van der Waals surface area (Å²) in [6.45, 7) is 0. The van der Waals surface area contributed by atoms with Crippen LogP contribution < -0.4 is 11.1 Å². The van der Waals surface area contributed by atoms with Gasteiger partial charge in [0.05, 0.1) is 6.04 Å². The first-order chi connectivity index (χ1) is 9.56. The molecule has 2 rings (SSSR count). The molecule has 110 valence electrons. The van der Waals surface area contributed by atoms with Gasteiger partial charge in [-0.05, 0) is 24.8 Å². The van der Waals surface area contributed by atoms with Gasteiger partial charge in [0.1, 0.15) is 0 Å². The van der Waals surface area contributed by atoms with E-state index in [0.717, 1.165) is 24.8 Å². The molecule has 0 spiro atoms. The maximum absolute atomic E-state index is 12.3. The molecule has 4 nitrogen and oxygen atoms in total. The molecule has 1 amide bonds. The van der Waals surface area contributed by atoms with E-state index in [9.17, 15) is 9.00 Å². The van der Waals surface area contributed by atoms with Gasteiger partial charge in [0.15, 0.2) is 0 Å². The molecule has 0 aromatic heterocycles. The molecule has 1 aliphatic carbocycles. The van der Waals surface area contributed by atoms with Crippen LogP contribution in [0.25, 0.3) is 0 Å². The van der Waals surface area contributed by atoms with Crippen molar-refractivity contribution >= 4 is 16.7 Å². The fraction of sp³-hybridized carbons (Fsp3) is 0.533. The highest BCUT2D eigenvalue weighted by Crippen LogP contribution is 2.25. The van der Waals surface area contributed by atoms with Crippen LogP contribution in [0.15, 0.2) is 30.3 Å². The highest BCUT2D eigenvalue weighted by molar-refractivity contribution is 7.84. The minimum Gasteiger partial charge on any atom is -0.348 e. The van der Waals surface area contributed by atoms with Crippen LogP contribution in [0.1, 0.15) is 30.9 Å². The van der Waals surface area contributed by atoms with E-state index in [-0.39, 0.29) is 23.9 Å². The zero-order valence-corrected chi connectivity index (χ0v) is 12.6. The van der Waals surface area contributed by atoms with Crippen LogP contribution in [-0.4, -0.2) is 28.2 Å². The summed E-state index contributed by atoms with van der Waals surface area (Å²) in [6, 6.07) is 9.65. The Balaban J connectivity index is 2.04. The fourth-order valence-electron chi connectivity index (χ4n) is 2.69. The van der Waals surface area contributed by atoms with Gasteiger partial charge >= 0.3 is 0 Å². The predicted octanol–water partition coefficient (Wildman–Crippen LogP) is 1.35. The first-order valence-corrected chi connectivity index (χ1v) is 8.70. The molecule has 1 aromatic rings. The third-order valence-electron chi connectivity index (χ3n) is 3.76. The summed E-state index contributed by atoms with van der Waals surface area (Å²) in [5, 5.41) is 3.04. The molecular formula is C15H22N2O2S. The summed E-state index contributed by atoms with van der Waals surface area (Å²) >= 11 is 0. The largest absolute Gasteiger partial charge is 0.348 e. The standard InChI is InChI=1S/C15H22N2O2S/c1-20(19)10-14(11-5-3-2-4-6-11)17-15(18)12-7-8-13(16)9-12/h2-6,12-14H,7-10,16H2,1H3,(H,17,18). The van der Waals surface area contributed by atoms with Crippen molar-refractivity contribution in [2.45, 2.75) is 31.3 Å². The van der Waals surface area contributed by atoms with Crippen LogP contribution >= 0.6 is 0 Å². The van der Waals surface area contributed by atoms with Gasteiger partial charge in [-0.25, -0.2) is 0 Å². The van der Waals surface area contributed by atoms with Gasteiger partial charge in [0.2, 0.25) is 5.91 Å². The lowest BCUT2D eigenvalue weighted by molar-refractivity contribution is -0.125. The van der Waals surface area contributed by atoms with E-state index < -0.39 is 10.8 Å². The Bertz CT molecular complexity index is 478. The van der Waals surface area contributed by atoms with Gasteiger partial charge < -0.3 is 11.1 Å². The van der Waals surface area contributed by atoms with Crippen molar-refractivity contribution in [3.8, 4) is 0 Å². The van der Waals surface area contributed by atoms with Crippen molar-refractivity contribution in [1.82, 2.24) is 5.32 Å². The second-order valence-electron chi connectivity index (χ2n) is 5.48. The van der Waals surface area contributed by atoms with Crippen LogP contribution in [0.2, 0.25) is 0 Å². The number of nitrogens with two attached hydrogens (primary N) is 1. The Morgan fingerprint density at radius 1 is 1.40 bits per heavy atom. The normalized spacial score (nSPS) is 25.1. The summed E-state index contributed by atoms with van der Waals surface area (Å²) in [5.41, 5.74) is 6.86. The van der Waals surface area contributed by atoms with E-state index >= 15 is 0 Å². The van der Waals surface area contributed by atoms with Gasteiger partial charge in [-0.15, -0.1) is 0 Å². The zero-order valence-electron chi connectivity index (χ0n) is 11.7. The monoisotopic (exact) mass is 294 g/mol. The Hall–Kier alpha value is -1.20. The summed E-state index contributed by atoms with van der Waals surface area (Å²) in [4.78, 5) is 12.3. The average Bonchev–Trinajstić information content (AvgIpc) is 2.85. The summed E-state index contributed by atoms with van der Waals surface area (Å²) in [5.74, 6) is 0.480. The highest BCUT2D eigenvalue weighted by atomic mass is 32.2. The van der Waals surface area contributed by atoms with Crippen molar-refractivity contribution in [3.63, 3.8) is 0 Å². The van der Waals surface area contributed by atoms with Crippen LogP contribution in [0.5, 0.6) is 0 Å². The highest BCUT2D eigenvalue weighted by Gasteiger charge is 2.29. The molecule has 4 atom stereocenters. The molecule has 5 heteroatoms. The van der Waals surface area contributed by atoms with Gasteiger partial charge in [-0.2, -0.15) is 0 Å². The minimum atomic E-state index is -0.960. The van der Waals surface area contributed by atoms with Crippen molar-refractivity contribution in [2.24, 2.45) is 11.7 Å². The lowest BCUT2D eigenvalue weighted by Crippen LogP contribution is -2.36. The van der Waals surface area contributed by atoms with E-state index in [1.54, 1.807) is 6.26 Å². The maximum atomic E-state index is 12.3. The van der Waals surface area contributed by atoms with Gasteiger partial charge in [0.25, 0.3) is 0 Å². The van der Waals surface area contributed by atoms with E-state index in [1.807, 2.05) is 30.3 Å². The molecule has 1 aromatic carbocycles. The van der Waals surface area contributed by atoms with Crippen LogP contribution in [-0.2, 0) is 15.6 Å². The number of carbonyl (C=O) groups excluding carboxylic acids is 1. The minimum absolute atomic E-state index is 0.00139. The molecule has 0 aliphatic heterocycles. The topological polar surface area (TPSA) is 72.2 Å². The predicted molar refractivity (Wildman–Crippen MR) is 81.6 cm³/mol. The SMILES string of the molecule is CS(=O)CC(NC(=O)C1CCC(N)C1)c1ccccc1. The molecule has 0 bridgehead atoms. The van der Waals surface area contributed by atoms with Crippen LogP contribution in [0.4, 0.5) is 0 Å². The van der Waals surface area contributed by atoms with E-state index in [0.29, 0.717) is 5.75 Å². The van der Waals surface area contributed by atoms with Gasteiger partial charge in [-0.1, -0.05) is 30.3 Å². The first kappa shape index (κ1) is 15.2. The van der Waals surface area contributed by atoms with E-state index in [1.165, 1.54) is 0 Å². The Morgan fingerprint density at radius 2 is 2.10 bits per heavy atom. The van der Waals surface area contributed by atoms with Gasteiger partial charge in [0, 0.05) is 34.8 Å². The molecule has 0 heterocycles. The van der Waals surface area contributed by atoms with Crippen molar-refractivity contribution in [3.05, 3.63) is 35.9 Å². The van der Waals surface area contributed by atoms with E-state index in [2.05, 4.69) is 5.32 Å². The molecule has 20 heavy (non-hydrogen) atoms. The molecule has 0 saturated heterocycles. The Kier molecular flexibility index (Phi) is 5.31. The van der Waals surface area contributed by atoms with Crippen LogP contribution in [0, 0.1) is 5.92 Å². The molecule has 4 unspecified atom stereocenters. The lowest BCUT2D eigenvalue weighted by Gasteiger charge is -2.20.